The van der Waals surface area contributed by atoms with Crippen molar-refractivity contribution in [1.82, 2.24) is 0 Å². The van der Waals surface area contributed by atoms with Crippen LogP contribution in [0.1, 0.15) is 17.5 Å². The third-order valence-electron chi connectivity index (χ3n) is 1.55. The Morgan fingerprint density at radius 3 is 2.80 bits per heavy atom. The van der Waals surface area contributed by atoms with E-state index in [9.17, 15) is 0 Å². The summed E-state index contributed by atoms with van der Waals surface area (Å²) in [4.78, 5) is 0. The summed E-state index contributed by atoms with van der Waals surface area (Å²) in [6, 6.07) is 8.58. The number of aryl methyl sites for hydroxylation is 2. The quantitative estimate of drug-likeness (QED) is 0.582. The summed E-state index contributed by atoms with van der Waals surface area (Å²) in [6.07, 6.45) is 2.09. The lowest BCUT2D eigenvalue weighted by Crippen LogP contribution is -1.82. The molecule has 1 aromatic carbocycles. The molecular formula is C10H13. The molecule has 0 aliphatic carbocycles. The Bertz CT molecular complexity index is 201. The van der Waals surface area contributed by atoms with Crippen molar-refractivity contribution in [3.8, 4) is 0 Å². The summed E-state index contributed by atoms with van der Waals surface area (Å²) in [5, 5.41) is 0. The smallest absolute Gasteiger partial charge is 0.0279 e. The highest BCUT2D eigenvalue weighted by atomic mass is 13.9. The topological polar surface area (TPSA) is 0 Å². The molecule has 0 saturated heterocycles. The Morgan fingerprint density at radius 2 is 2.20 bits per heavy atom. The zero-order valence-electron chi connectivity index (χ0n) is 6.43. The van der Waals surface area contributed by atoms with Crippen LogP contribution in [0.4, 0.5) is 0 Å². The number of hydrogen-bond acceptors (Lipinski definition) is 0. The van der Waals surface area contributed by atoms with Crippen molar-refractivity contribution < 1.29 is 0 Å². The van der Waals surface area contributed by atoms with Gasteiger partial charge in [0.1, 0.15) is 0 Å². The van der Waals surface area contributed by atoms with Crippen molar-refractivity contribution in [1.29, 1.82) is 0 Å². The van der Waals surface area contributed by atoms with E-state index in [0.717, 1.165) is 12.8 Å². The van der Waals surface area contributed by atoms with Crippen molar-refractivity contribution in [2.45, 2.75) is 19.8 Å². The fraction of sp³-hybridized carbons (Fsp3) is 0.300. The predicted octanol–water partition coefficient (Wildman–Crippen LogP) is 2.76. The monoisotopic (exact) mass is 133 g/mol. The molecule has 0 bridgehead atoms. The molecule has 0 amide bonds. The van der Waals surface area contributed by atoms with Gasteiger partial charge in [-0.3, -0.25) is 0 Å². The summed E-state index contributed by atoms with van der Waals surface area (Å²) < 4.78 is 0. The van der Waals surface area contributed by atoms with Gasteiger partial charge in [0.15, 0.2) is 0 Å². The van der Waals surface area contributed by atoms with E-state index >= 15 is 0 Å². The fourth-order valence-corrected chi connectivity index (χ4v) is 1.07. The summed E-state index contributed by atoms with van der Waals surface area (Å²) in [6.45, 7) is 5.93. The lowest BCUT2D eigenvalue weighted by atomic mass is 10.1. The maximum Gasteiger partial charge on any atom is -0.0279 e. The summed E-state index contributed by atoms with van der Waals surface area (Å²) in [5.74, 6) is 0. The maximum atomic E-state index is 3.81. The van der Waals surface area contributed by atoms with Gasteiger partial charge in [0, 0.05) is 0 Å². The Kier molecular flexibility index (Phi) is 2.49. The number of benzene rings is 1. The molecule has 10 heavy (non-hydrogen) atoms. The van der Waals surface area contributed by atoms with Crippen LogP contribution in [0, 0.1) is 13.8 Å². The summed E-state index contributed by atoms with van der Waals surface area (Å²) in [7, 11) is 0. The fourth-order valence-electron chi connectivity index (χ4n) is 1.07. The Labute approximate surface area is 62.9 Å². The van der Waals surface area contributed by atoms with Crippen molar-refractivity contribution in [3.05, 3.63) is 42.3 Å². The molecule has 1 radical (unpaired) electrons. The van der Waals surface area contributed by atoms with Crippen molar-refractivity contribution >= 4 is 0 Å². The average molecular weight is 133 g/mol. The molecule has 0 spiro atoms. The second-order valence-corrected chi connectivity index (χ2v) is 2.59. The molecule has 0 aliphatic heterocycles. The second-order valence-electron chi connectivity index (χ2n) is 2.59. The molecule has 1 aromatic rings. The van der Waals surface area contributed by atoms with Gasteiger partial charge in [-0.05, 0) is 25.3 Å². The minimum atomic E-state index is 0.990. The van der Waals surface area contributed by atoms with Gasteiger partial charge in [0.25, 0.3) is 0 Å². The molecule has 0 saturated carbocycles. The molecule has 0 heterocycles. The van der Waals surface area contributed by atoms with Crippen LogP contribution in [-0.4, -0.2) is 0 Å². The normalized spacial score (nSPS) is 9.80. The molecule has 0 unspecified atom stereocenters. The van der Waals surface area contributed by atoms with E-state index in [1.165, 1.54) is 11.1 Å². The third-order valence-corrected chi connectivity index (χ3v) is 1.55. The molecular weight excluding hydrogens is 120 g/mol. The lowest BCUT2D eigenvalue weighted by molar-refractivity contribution is 0.996. The van der Waals surface area contributed by atoms with Crippen LogP contribution in [0.3, 0.4) is 0 Å². The van der Waals surface area contributed by atoms with Gasteiger partial charge in [0.05, 0.1) is 0 Å². The molecule has 0 aromatic heterocycles. The minimum Gasteiger partial charge on any atom is -0.0617 e. The van der Waals surface area contributed by atoms with Crippen molar-refractivity contribution in [3.63, 3.8) is 0 Å². The van der Waals surface area contributed by atoms with E-state index in [-0.39, 0.29) is 0 Å². The standard InChI is InChI=1S/C10H13/c1-3-5-10-7-4-6-9(2)8-10/h4,6-8H,1,3,5H2,2H3. The zero-order chi connectivity index (χ0) is 7.40. The lowest BCUT2D eigenvalue weighted by Gasteiger charge is -1.97. The zero-order valence-corrected chi connectivity index (χ0v) is 6.43. The Hall–Kier alpha value is -0.780. The summed E-state index contributed by atoms with van der Waals surface area (Å²) >= 11 is 0. The first-order valence-corrected chi connectivity index (χ1v) is 3.67. The van der Waals surface area contributed by atoms with Crippen LogP contribution in [-0.2, 0) is 6.42 Å². The maximum absolute atomic E-state index is 3.81. The van der Waals surface area contributed by atoms with E-state index in [1.807, 2.05) is 0 Å². The molecule has 0 nitrogen and oxygen atoms in total. The summed E-state index contributed by atoms with van der Waals surface area (Å²) in [5.41, 5.74) is 2.74. The number of rotatable bonds is 2. The van der Waals surface area contributed by atoms with Crippen LogP contribution in [0.2, 0.25) is 0 Å². The van der Waals surface area contributed by atoms with Crippen molar-refractivity contribution in [2.24, 2.45) is 0 Å². The van der Waals surface area contributed by atoms with Gasteiger partial charge in [-0.15, -0.1) is 0 Å². The Balaban J connectivity index is 2.75. The van der Waals surface area contributed by atoms with Gasteiger partial charge >= 0.3 is 0 Å². The first-order valence-electron chi connectivity index (χ1n) is 3.67. The van der Waals surface area contributed by atoms with Gasteiger partial charge in [-0.25, -0.2) is 0 Å². The van der Waals surface area contributed by atoms with Crippen LogP contribution in [0.5, 0.6) is 0 Å². The highest BCUT2D eigenvalue weighted by molar-refractivity contribution is 5.22. The highest BCUT2D eigenvalue weighted by Gasteiger charge is 1.88. The molecule has 0 N–H and O–H groups in total. The van der Waals surface area contributed by atoms with Crippen molar-refractivity contribution in [2.75, 3.05) is 0 Å². The van der Waals surface area contributed by atoms with E-state index in [1.54, 1.807) is 0 Å². The van der Waals surface area contributed by atoms with Gasteiger partial charge in [0.2, 0.25) is 0 Å². The van der Waals surface area contributed by atoms with Gasteiger partial charge in [-0.1, -0.05) is 36.8 Å². The van der Waals surface area contributed by atoms with E-state index in [4.69, 9.17) is 0 Å². The molecule has 1 rings (SSSR count). The van der Waals surface area contributed by atoms with E-state index in [2.05, 4.69) is 38.1 Å². The van der Waals surface area contributed by atoms with Gasteiger partial charge in [-0.2, -0.15) is 0 Å². The molecule has 0 fully saturated rings. The third kappa shape index (κ3) is 1.87. The van der Waals surface area contributed by atoms with Crippen LogP contribution >= 0.6 is 0 Å². The second kappa shape index (κ2) is 3.40. The largest absolute Gasteiger partial charge is 0.0617 e. The van der Waals surface area contributed by atoms with Crippen LogP contribution in [0.25, 0.3) is 0 Å². The van der Waals surface area contributed by atoms with E-state index < -0.39 is 0 Å². The predicted molar refractivity (Wildman–Crippen MR) is 44.9 cm³/mol. The highest BCUT2D eigenvalue weighted by Crippen LogP contribution is 2.05. The SMILES string of the molecule is [CH2]CCc1cccc(C)c1. The first kappa shape index (κ1) is 7.33. The molecule has 53 valence electrons. The molecule has 0 aliphatic rings. The average Bonchev–Trinajstić information content (AvgIpc) is 1.88. The molecule has 0 atom stereocenters. The number of hydrogen-bond donors (Lipinski definition) is 0. The molecule has 0 heteroatoms. The van der Waals surface area contributed by atoms with Crippen LogP contribution in [0.15, 0.2) is 24.3 Å². The van der Waals surface area contributed by atoms with Gasteiger partial charge < -0.3 is 0 Å². The first-order chi connectivity index (χ1) is 4.83. The van der Waals surface area contributed by atoms with Crippen LogP contribution < -0.4 is 0 Å². The Morgan fingerprint density at radius 1 is 1.40 bits per heavy atom. The minimum absolute atomic E-state index is 0.990. The van der Waals surface area contributed by atoms with E-state index in [0.29, 0.717) is 0 Å².